The second-order valence-electron chi connectivity index (χ2n) is 18.2. The minimum atomic E-state index is -1.33. The van der Waals surface area contributed by atoms with E-state index < -0.39 is 48.1 Å². The van der Waals surface area contributed by atoms with Gasteiger partial charge in [-0.3, -0.25) is 0 Å². The molecule has 4 aliphatic rings. The molecule has 13 heteroatoms. The second kappa shape index (κ2) is 15.4. The van der Waals surface area contributed by atoms with E-state index in [0.29, 0.717) is 78.3 Å². The molecule has 1 aliphatic carbocycles. The number of benzene rings is 8. The van der Waals surface area contributed by atoms with Crippen LogP contribution in [0.1, 0.15) is 115 Å². The summed E-state index contributed by atoms with van der Waals surface area (Å²) in [5.74, 6) is -3.00. The highest BCUT2D eigenvalue weighted by Crippen LogP contribution is 2.63. The van der Waals surface area contributed by atoms with E-state index >= 15 is 0 Å². The van der Waals surface area contributed by atoms with Crippen molar-refractivity contribution in [3.05, 3.63) is 212 Å². The summed E-state index contributed by atoms with van der Waals surface area (Å²) >= 11 is 0. The van der Waals surface area contributed by atoms with Gasteiger partial charge in [0.2, 0.25) is 0 Å². The number of phenolic OH excluding ortho intramolecular Hbond substituents is 9. The van der Waals surface area contributed by atoms with Gasteiger partial charge in [0, 0.05) is 52.4 Å². The molecule has 10 N–H and O–H groups in total. The van der Waals surface area contributed by atoms with Crippen LogP contribution in [0.2, 0.25) is 0 Å². The lowest BCUT2D eigenvalue weighted by Crippen LogP contribution is -2.16. The van der Waals surface area contributed by atoms with E-state index in [9.17, 15) is 51.1 Å². The van der Waals surface area contributed by atoms with Crippen LogP contribution in [0.15, 0.2) is 146 Å². The Labute approximate surface area is 393 Å². The first kappa shape index (κ1) is 41.7. The van der Waals surface area contributed by atoms with Crippen LogP contribution < -0.4 is 14.2 Å². The van der Waals surface area contributed by atoms with E-state index in [1.165, 1.54) is 54.6 Å². The molecule has 0 unspecified atom stereocenters. The maximum absolute atomic E-state index is 12.4. The maximum atomic E-state index is 12.4. The lowest BCUT2D eigenvalue weighted by atomic mass is 9.76. The van der Waals surface area contributed by atoms with Crippen LogP contribution in [0, 0.1) is 0 Å². The van der Waals surface area contributed by atoms with Crippen molar-refractivity contribution in [1.29, 1.82) is 0 Å². The lowest BCUT2D eigenvalue weighted by molar-refractivity contribution is 0.157. The third-order valence-corrected chi connectivity index (χ3v) is 14.1. The zero-order chi connectivity index (χ0) is 47.6. The molecule has 0 saturated heterocycles. The van der Waals surface area contributed by atoms with Crippen molar-refractivity contribution in [3.8, 4) is 69.0 Å². The number of aliphatic hydroxyl groups is 1. The molecule has 0 fully saturated rings. The third kappa shape index (κ3) is 6.72. The van der Waals surface area contributed by atoms with Crippen molar-refractivity contribution < 1.29 is 65.3 Å². The molecule has 8 atom stereocenters. The Balaban J connectivity index is 1.06. The van der Waals surface area contributed by atoms with Crippen molar-refractivity contribution in [2.45, 2.75) is 48.1 Å². The van der Waals surface area contributed by atoms with Gasteiger partial charge >= 0.3 is 0 Å². The number of phenols is 9. The molecule has 344 valence electrons. The second-order valence-corrected chi connectivity index (χ2v) is 18.2. The summed E-state index contributed by atoms with van der Waals surface area (Å²) in [5, 5.41) is 111. The van der Waals surface area contributed by atoms with Crippen LogP contribution in [-0.2, 0) is 0 Å². The monoisotopic (exact) mass is 922 g/mol. The van der Waals surface area contributed by atoms with Crippen molar-refractivity contribution >= 4 is 0 Å². The fourth-order valence-electron chi connectivity index (χ4n) is 11.3. The number of fused-ring (bicyclic) bond motifs is 4. The third-order valence-electron chi connectivity index (χ3n) is 14.1. The Morgan fingerprint density at radius 1 is 0.275 bits per heavy atom. The molecule has 3 aliphatic heterocycles. The van der Waals surface area contributed by atoms with Crippen LogP contribution in [0.5, 0.6) is 69.0 Å². The van der Waals surface area contributed by atoms with Gasteiger partial charge in [-0.1, -0.05) is 42.5 Å². The Morgan fingerprint density at radius 2 is 0.710 bits per heavy atom. The van der Waals surface area contributed by atoms with E-state index in [-0.39, 0.29) is 57.5 Å². The fraction of sp³-hybridized carbons (Fsp3) is 0.143. The van der Waals surface area contributed by atoms with Gasteiger partial charge in [-0.25, -0.2) is 0 Å². The van der Waals surface area contributed by atoms with Crippen molar-refractivity contribution in [2.24, 2.45) is 0 Å². The van der Waals surface area contributed by atoms with E-state index in [1.54, 1.807) is 72.8 Å². The Hall–Kier alpha value is -8.68. The number of hydrogen-bond acceptors (Lipinski definition) is 13. The Bertz CT molecular complexity index is 3350. The summed E-state index contributed by atoms with van der Waals surface area (Å²) in [4.78, 5) is 0. The Kier molecular flexibility index (Phi) is 9.34. The molecule has 12 rings (SSSR count). The minimum absolute atomic E-state index is 0.00545. The molecule has 8 aromatic rings. The quantitative estimate of drug-likeness (QED) is 0.0750. The minimum Gasteiger partial charge on any atom is -0.508 e. The lowest BCUT2D eigenvalue weighted by Gasteiger charge is -2.27. The zero-order valence-corrected chi connectivity index (χ0v) is 36.2. The Morgan fingerprint density at radius 3 is 1.29 bits per heavy atom. The average molecular weight is 923 g/mol. The highest BCUT2D eigenvalue weighted by Gasteiger charge is 2.49. The van der Waals surface area contributed by atoms with Crippen LogP contribution >= 0.6 is 0 Å². The van der Waals surface area contributed by atoms with Crippen molar-refractivity contribution in [3.63, 3.8) is 0 Å². The largest absolute Gasteiger partial charge is 0.508 e. The van der Waals surface area contributed by atoms with Crippen molar-refractivity contribution in [2.75, 3.05) is 0 Å². The number of aromatic hydroxyl groups is 9. The van der Waals surface area contributed by atoms with Crippen LogP contribution in [0.4, 0.5) is 0 Å². The van der Waals surface area contributed by atoms with E-state index in [0.717, 1.165) is 0 Å². The molecule has 3 heterocycles. The zero-order valence-electron chi connectivity index (χ0n) is 36.2. The summed E-state index contributed by atoms with van der Waals surface area (Å²) in [6.45, 7) is 0. The summed E-state index contributed by atoms with van der Waals surface area (Å²) in [6.07, 6.45) is -3.73. The van der Waals surface area contributed by atoms with E-state index in [2.05, 4.69) is 0 Å². The highest BCUT2D eigenvalue weighted by atomic mass is 16.5. The summed E-state index contributed by atoms with van der Waals surface area (Å²) in [6, 6.07) is 38.2. The van der Waals surface area contributed by atoms with Gasteiger partial charge in [0.1, 0.15) is 87.3 Å². The van der Waals surface area contributed by atoms with Gasteiger partial charge in [-0.15, -0.1) is 0 Å². The molecule has 8 aromatic carbocycles. The number of rotatable bonds is 6. The predicted octanol–water partition coefficient (Wildman–Crippen LogP) is 10.0. The molecular formula is C56H42O13. The van der Waals surface area contributed by atoms with E-state index in [1.807, 2.05) is 18.2 Å². The van der Waals surface area contributed by atoms with Gasteiger partial charge in [0.25, 0.3) is 0 Å². The first-order valence-electron chi connectivity index (χ1n) is 22.3. The van der Waals surface area contributed by atoms with Crippen molar-refractivity contribution in [1.82, 2.24) is 0 Å². The van der Waals surface area contributed by atoms with Crippen LogP contribution in [0.3, 0.4) is 0 Å². The fourth-order valence-corrected chi connectivity index (χ4v) is 11.3. The molecule has 69 heavy (non-hydrogen) atoms. The standard InChI is InChI=1S/C56H42O13/c57-30-8-1-25(2-9-30)46-49-40(19-35(62)22-42(49)65)52-51-41(53(46)66)21-37(64)24-45(51)69-56(52)28-7-14-43-38(17-28)48(55(67-43)27-5-12-32(59)13-6-27)39-20-36(63)23-44-50(39)47(29-15-33(60)18-34(61)16-29)54(68-44)26-3-10-31(58)11-4-26/h1-24,46-48,52-66H/t46-,47-,48+,52-,53-,54+,55+,56+/m1/s1. The predicted molar refractivity (Wildman–Crippen MR) is 249 cm³/mol. The summed E-state index contributed by atoms with van der Waals surface area (Å²) in [5.41, 5.74) is 6.63. The van der Waals surface area contributed by atoms with Gasteiger partial charge in [-0.05, 0) is 123 Å². The summed E-state index contributed by atoms with van der Waals surface area (Å²) < 4.78 is 20.4. The van der Waals surface area contributed by atoms with E-state index in [4.69, 9.17) is 14.2 Å². The molecule has 0 bridgehead atoms. The SMILES string of the molecule is Oc1ccc([C@@H]2c3c(O)cc(O)cc3[C@@H]3c4c(cc(O)cc4[C@H]2O)O[C@H]3c2ccc3c(c2)[C@@H](c2cc(O)cc4c2[C@@H](c2cc(O)cc(O)c2)[C@H](c2ccc(O)cc2)O4)[C@H](c2ccc(O)cc2)O3)cc1. The molecule has 0 amide bonds. The van der Waals surface area contributed by atoms with Gasteiger partial charge in [0.05, 0.1) is 23.9 Å². The summed E-state index contributed by atoms with van der Waals surface area (Å²) in [7, 11) is 0. The van der Waals surface area contributed by atoms with Crippen LogP contribution in [0.25, 0.3) is 0 Å². The number of ether oxygens (including phenoxy) is 3. The molecule has 0 radical (unpaired) electrons. The maximum Gasteiger partial charge on any atom is 0.135 e. The molecule has 0 aromatic heterocycles. The van der Waals surface area contributed by atoms with Gasteiger partial charge in [-0.2, -0.15) is 0 Å². The average Bonchev–Trinajstić information content (AvgIpc) is 3.99. The highest BCUT2D eigenvalue weighted by molar-refractivity contribution is 5.67. The van der Waals surface area contributed by atoms with Gasteiger partial charge < -0.3 is 65.3 Å². The first-order valence-corrected chi connectivity index (χ1v) is 22.3. The van der Waals surface area contributed by atoms with Gasteiger partial charge in [0.15, 0.2) is 0 Å². The first-order chi connectivity index (χ1) is 33.3. The number of hydrogen-bond donors (Lipinski definition) is 10. The molecule has 13 nitrogen and oxygen atoms in total. The normalized spacial score (nSPS) is 22.6. The topological polar surface area (TPSA) is 230 Å². The molecule has 0 saturated carbocycles. The smallest absolute Gasteiger partial charge is 0.135 e. The number of aliphatic hydroxyl groups excluding tert-OH is 1. The van der Waals surface area contributed by atoms with Crippen LogP contribution in [-0.4, -0.2) is 51.1 Å². The molecule has 0 spiro atoms. The molecular weight excluding hydrogens is 881 g/mol.